The first kappa shape index (κ1) is 17.9. The lowest BCUT2D eigenvalue weighted by molar-refractivity contribution is -0.120. The molecule has 0 unspecified atom stereocenters. The Morgan fingerprint density at radius 2 is 1.71 bits per heavy atom. The Kier molecular flexibility index (Phi) is 5.56. The summed E-state index contributed by atoms with van der Waals surface area (Å²) in [6.07, 6.45) is 0. The van der Waals surface area contributed by atoms with E-state index < -0.39 is 40.9 Å². The van der Waals surface area contributed by atoms with Gasteiger partial charge >= 0.3 is 0 Å². The third kappa shape index (κ3) is 3.91. The number of amides is 1. The summed E-state index contributed by atoms with van der Waals surface area (Å²) in [5, 5.41) is 2.20. The van der Waals surface area contributed by atoms with Crippen molar-refractivity contribution in [3.8, 4) is 0 Å². The molecule has 0 aliphatic carbocycles. The number of halogens is 4. The summed E-state index contributed by atoms with van der Waals surface area (Å²) in [6, 6.07) is 7.04. The SMILES string of the molecule is C[C@@H](C(=O)Nc1ccc(F)c(F)c1F)N(C)Cc1ccccc1F. The van der Waals surface area contributed by atoms with Crippen LogP contribution in [0.4, 0.5) is 23.2 Å². The van der Waals surface area contributed by atoms with Crippen molar-refractivity contribution in [1.82, 2.24) is 4.90 Å². The Bertz CT molecular complexity index is 751. The van der Waals surface area contributed by atoms with Crippen LogP contribution in [0.2, 0.25) is 0 Å². The molecule has 2 rings (SSSR count). The van der Waals surface area contributed by atoms with Crippen LogP contribution in [0, 0.1) is 23.3 Å². The number of likely N-dealkylation sites (N-methyl/N-ethyl adjacent to an activating group) is 1. The van der Waals surface area contributed by atoms with Crippen molar-refractivity contribution >= 4 is 11.6 Å². The molecule has 0 spiro atoms. The van der Waals surface area contributed by atoms with Gasteiger partial charge in [-0.3, -0.25) is 9.69 Å². The number of anilines is 1. The molecule has 2 aromatic carbocycles. The van der Waals surface area contributed by atoms with Crippen molar-refractivity contribution in [3.63, 3.8) is 0 Å². The van der Waals surface area contributed by atoms with Gasteiger partial charge in [-0.1, -0.05) is 18.2 Å². The van der Waals surface area contributed by atoms with Gasteiger partial charge in [0.1, 0.15) is 5.82 Å². The highest BCUT2D eigenvalue weighted by Crippen LogP contribution is 2.20. The monoisotopic (exact) mass is 340 g/mol. The smallest absolute Gasteiger partial charge is 0.241 e. The second-order valence-corrected chi connectivity index (χ2v) is 5.39. The number of nitrogens with one attached hydrogen (secondary N) is 1. The lowest BCUT2D eigenvalue weighted by Crippen LogP contribution is -2.39. The van der Waals surface area contributed by atoms with Crippen LogP contribution in [0.3, 0.4) is 0 Å². The normalized spacial score (nSPS) is 12.3. The predicted octanol–water partition coefficient (Wildman–Crippen LogP) is 3.70. The van der Waals surface area contributed by atoms with E-state index in [0.717, 1.165) is 12.1 Å². The van der Waals surface area contributed by atoms with E-state index in [9.17, 15) is 22.4 Å². The molecule has 0 aliphatic heterocycles. The predicted molar refractivity (Wildman–Crippen MR) is 82.3 cm³/mol. The van der Waals surface area contributed by atoms with E-state index in [-0.39, 0.29) is 6.54 Å². The summed E-state index contributed by atoms with van der Waals surface area (Å²) >= 11 is 0. The Morgan fingerprint density at radius 1 is 1.04 bits per heavy atom. The van der Waals surface area contributed by atoms with E-state index in [1.807, 2.05) is 0 Å². The summed E-state index contributed by atoms with van der Waals surface area (Å²) in [5.41, 5.74) is -0.0521. The first-order valence-electron chi connectivity index (χ1n) is 7.19. The van der Waals surface area contributed by atoms with Crippen LogP contribution in [0.5, 0.6) is 0 Å². The maximum Gasteiger partial charge on any atom is 0.241 e. The van der Waals surface area contributed by atoms with Gasteiger partial charge in [0.2, 0.25) is 5.91 Å². The number of rotatable bonds is 5. The minimum absolute atomic E-state index is 0.154. The van der Waals surface area contributed by atoms with Gasteiger partial charge in [-0.15, -0.1) is 0 Å². The molecule has 1 atom stereocenters. The molecular formula is C17H16F4N2O. The number of nitrogens with zero attached hydrogens (tertiary/aromatic N) is 1. The van der Waals surface area contributed by atoms with Gasteiger partial charge in [-0.25, -0.2) is 17.6 Å². The third-order valence-corrected chi connectivity index (χ3v) is 3.71. The minimum atomic E-state index is -1.65. The maximum atomic E-state index is 13.6. The Balaban J connectivity index is 2.07. The zero-order valence-electron chi connectivity index (χ0n) is 13.1. The molecule has 0 saturated carbocycles. The number of carbonyl (C=O) groups is 1. The Morgan fingerprint density at radius 3 is 2.38 bits per heavy atom. The molecule has 1 N–H and O–H groups in total. The van der Waals surface area contributed by atoms with Crippen molar-refractivity contribution in [2.75, 3.05) is 12.4 Å². The van der Waals surface area contributed by atoms with E-state index in [1.54, 1.807) is 30.1 Å². The quantitative estimate of drug-likeness (QED) is 0.665. The number of carbonyl (C=O) groups excluding carboxylic acids is 1. The van der Waals surface area contributed by atoms with Crippen molar-refractivity contribution in [2.45, 2.75) is 19.5 Å². The molecule has 1 amide bonds. The van der Waals surface area contributed by atoms with Crippen LogP contribution in [0.15, 0.2) is 36.4 Å². The molecule has 128 valence electrons. The van der Waals surface area contributed by atoms with Gasteiger partial charge in [-0.05, 0) is 32.2 Å². The Labute approximate surface area is 136 Å². The molecular weight excluding hydrogens is 324 g/mol. The minimum Gasteiger partial charge on any atom is -0.322 e. The number of hydrogen-bond acceptors (Lipinski definition) is 2. The fraction of sp³-hybridized carbons (Fsp3) is 0.235. The summed E-state index contributed by atoms with van der Waals surface area (Å²) in [5.74, 6) is -5.48. The van der Waals surface area contributed by atoms with E-state index in [4.69, 9.17) is 0 Å². The van der Waals surface area contributed by atoms with E-state index >= 15 is 0 Å². The lowest BCUT2D eigenvalue weighted by atomic mass is 10.1. The molecule has 0 bridgehead atoms. The highest BCUT2D eigenvalue weighted by atomic mass is 19.2. The Hall–Kier alpha value is -2.41. The first-order chi connectivity index (χ1) is 11.3. The fourth-order valence-corrected chi connectivity index (χ4v) is 2.09. The van der Waals surface area contributed by atoms with Gasteiger partial charge < -0.3 is 5.32 Å². The van der Waals surface area contributed by atoms with Crippen LogP contribution in [0.25, 0.3) is 0 Å². The van der Waals surface area contributed by atoms with Gasteiger partial charge in [0.05, 0.1) is 11.7 Å². The van der Waals surface area contributed by atoms with Crippen molar-refractivity contribution in [3.05, 3.63) is 65.2 Å². The van der Waals surface area contributed by atoms with Crippen molar-refractivity contribution in [1.29, 1.82) is 0 Å². The zero-order valence-corrected chi connectivity index (χ0v) is 13.1. The van der Waals surface area contributed by atoms with Crippen molar-refractivity contribution in [2.24, 2.45) is 0 Å². The molecule has 0 radical (unpaired) electrons. The second-order valence-electron chi connectivity index (χ2n) is 5.39. The van der Waals surface area contributed by atoms with Crippen LogP contribution in [0.1, 0.15) is 12.5 Å². The highest BCUT2D eigenvalue weighted by molar-refractivity contribution is 5.94. The van der Waals surface area contributed by atoms with Crippen LogP contribution >= 0.6 is 0 Å². The highest BCUT2D eigenvalue weighted by Gasteiger charge is 2.22. The number of benzene rings is 2. The summed E-state index contributed by atoms with van der Waals surface area (Å²) in [4.78, 5) is 13.7. The first-order valence-corrected chi connectivity index (χ1v) is 7.19. The molecule has 0 heterocycles. The molecule has 0 aliphatic rings. The van der Waals surface area contributed by atoms with E-state index in [2.05, 4.69) is 5.32 Å². The van der Waals surface area contributed by atoms with Gasteiger partial charge in [0.15, 0.2) is 17.5 Å². The molecule has 3 nitrogen and oxygen atoms in total. The maximum absolute atomic E-state index is 13.6. The average molecular weight is 340 g/mol. The molecule has 7 heteroatoms. The zero-order chi connectivity index (χ0) is 17.9. The van der Waals surface area contributed by atoms with Gasteiger partial charge in [0.25, 0.3) is 0 Å². The number of hydrogen-bond donors (Lipinski definition) is 1. The topological polar surface area (TPSA) is 32.3 Å². The summed E-state index contributed by atoms with van der Waals surface area (Å²) in [7, 11) is 1.60. The van der Waals surface area contributed by atoms with Crippen molar-refractivity contribution < 1.29 is 22.4 Å². The van der Waals surface area contributed by atoms with Crippen LogP contribution in [-0.2, 0) is 11.3 Å². The summed E-state index contributed by atoms with van der Waals surface area (Å²) < 4.78 is 53.3. The molecule has 0 saturated heterocycles. The van der Waals surface area contributed by atoms with Gasteiger partial charge in [-0.2, -0.15) is 0 Å². The largest absolute Gasteiger partial charge is 0.322 e. The van der Waals surface area contributed by atoms with E-state index in [1.165, 1.54) is 13.0 Å². The van der Waals surface area contributed by atoms with Crippen LogP contribution in [-0.4, -0.2) is 23.9 Å². The summed E-state index contributed by atoms with van der Waals surface area (Å²) in [6.45, 7) is 1.69. The van der Waals surface area contributed by atoms with Crippen LogP contribution < -0.4 is 5.32 Å². The van der Waals surface area contributed by atoms with E-state index in [0.29, 0.717) is 5.56 Å². The second kappa shape index (κ2) is 7.44. The standard InChI is InChI=1S/C17H16F4N2O/c1-10(23(2)9-11-5-3-4-6-12(11)18)17(24)22-14-8-7-13(19)15(20)16(14)21/h3-8,10H,9H2,1-2H3,(H,22,24)/t10-/m0/s1. The lowest BCUT2D eigenvalue weighted by Gasteiger charge is -2.24. The average Bonchev–Trinajstić information content (AvgIpc) is 2.56. The molecule has 0 aromatic heterocycles. The molecule has 2 aromatic rings. The fourth-order valence-electron chi connectivity index (χ4n) is 2.09. The molecule has 0 fully saturated rings. The third-order valence-electron chi connectivity index (χ3n) is 3.71. The molecule has 24 heavy (non-hydrogen) atoms. The van der Waals surface area contributed by atoms with Gasteiger partial charge in [0, 0.05) is 12.1 Å².